The summed E-state index contributed by atoms with van der Waals surface area (Å²) >= 11 is 0. The molecule has 0 fully saturated rings. The molecule has 0 aromatic heterocycles. The molecule has 3 nitrogen and oxygen atoms in total. The molecule has 0 aliphatic heterocycles. The average Bonchev–Trinajstić information content (AvgIpc) is 2.19. The van der Waals surface area contributed by atoms with E-state index in [-0.39, 0.29) is 0 Å². The van der Waals surface area contributed by atoms with E-state index in [0.29, 0.717) is 11.3 Å². The number of hydrogen-bond acceptors (Lipinski definition) is 3. The molecule has 0 radical (unpaired) electrons. The lowest BCUT2D eigenvalue weighted by Crippen LogP contribution is -2.13. The molecule has 4 heteroatoms. The van der Waals surface area contributed by atoms with Crippen LogP contribution >= 0.6 is 0 Å². The van der Waals surface area contributed by atoms with Gasteiger partial charge in [0.15, 0.2) is 9.84 Å². The lowest BCUT2D eigenvalue weighted by Gasteiger charge is -2.07. The Morgan fingerprint density at radius 1 is 1.27 bits per heavy atom. The van der Waals surface area contributed by atoms with Crippen LogP contribution in [-0.4, -0.2) is 13.7 Å². The number of nitriles is 1. The van der Waals surface area contributed by atoms with Crippen molar-refractivity contribution in [2.75, 3.05) is 0 Å². The van der Waals surface area contributed by atoms with Gasteiger partial charge in [-0.15, -0.1) is 0 Å². The minimum atomic E-state index is -3.19. The first-order valence-electron chi connectivity index (χ1n) is 4.68. The third kappa shape index (κ3) is 2.57. The first kappa shape index (κ1) is 11.7. The summed E-state index contributed by atoms with van der Waals surface area (Å²) in [4.78, 5) is 0.319. The van der Waals surface area contributed by atoms with Gasteiger partial charge >= 0.3 is 0 Å². The van der Waals surface area contributed by atoms with E-state index in [1.54, 1.807) is 38.1 Å². The number of hydrogen-bond donors (Lipinski definition) is 0. The smallest absolute Gasteiger partial charge is 0.180 e. The van der Waals surface area contributed by atoms with Crippen molar-refractivity contribution in [3.8, 4) is 6.07 Å². The summed E-state index contributed by atoms with van der Waals surface area (Å²) in [5, 5.41) is 8.05. The Kier molecular flexibility index (Phi) is 3.48. The van der Waals surface area contributed by atoms with Crippen LogP contribution in [0.4, 0.5) is 0 Å². The van der Waals surface area contributed by atoms with Gasteiger partial charge < -0.3 is 0 Å². The molecule has 0 unspecified atom stereocenters. The summed E-state index contributed by atoms with van der Waals surface area (Å²) in [5.74, 6) is 0. The van der Waals surface area contributed by atoms with E-state index >= 15 is 0 Å². The molecule has 0 bridgehead atoms. The predicted octanol–water partition coefficient (Wildman–Crippen LogP) is 1.93. The molecule has 0 heterocycles. The van der Waals surface area contributed by atoms with Gasteiger partial charge in [-0.1, -0.05) is 12.1 Å². The van der Waals surface area contributed by atoms with Crippen LogP contribution < -0.4 is 0 Å². The van der Waals surface area contributed by atoms with E-state index in [2.05, 4.69) is 0 Å². The van der Waals surface area contributed by atoms with Crippen molar-refractivity contribution in [1.82, 2.24) is 0 Å². The summed E-state index contributed by atoms with van der Waals surface area (Å²) in [6, 6.07) is 8.49. The fourth-order valence-electron chi connectivity index (χ4n) is 1.16. The van der Waals surface area contributed by atoms with E-state index in [1.807, 2.05) is 6.07 Å². The largest absolute Gasteiger partial charge is 0.223 e. The number of sulfone groups is 1. The van der Waals surface area contributed by atoms with Gasteiger partial charge in [0.1, 0.15) is 0 Å². The van der Waals surface area contributed by atoms with Gasteiger partial charge in [-0.2, -0.15) is 5.26 Å². The maximum Gasteiger partial charge on any atom is 0.180 e. The standard InChI is InChI=1S/C11H13NO2S/c1-9(2)15(13,14)11-5-3-10(4-6-11)7-8-12/h3-6,9H,7H2,1-2H3. The first-order valence-corrected chi connectivity index (χ1v) is 6.23. The summed E-state index contributed by atoms with van der Waals surface area (Å²) in [6.07, 6.45) is 0.308. The number of rotatable bonds is 3. The van der Waals surface area contributed by atoms with Crippen LogP contribution in [0, 0.1) is 11.3 Å². The second-order valence-electron chi connectivity index (χ2n) is 3.57. The molecule has 0 amide bonds. The molecule has 0 spiro atoms. The maximum absolute atomic E-state index is 11.7. The van der Waals surface area contributed by atoms with Crippen LogP contribution in [0.3, 0.4) is 0 Å². The zero-order chi connectivity index (χ0) is 11.5. The van der Waals surface area contributed by atoms with Crippen LogP contribution in [0.15, 0.2) is 29.2 Å². The van der Waals surface area contributed by atoms with Gasteiger partial charge in [0.2, 0.25) is 0 Å². The Hall–Kier alpha value is -1.34. The van der Waals surface area contributed by atoms with E-state index < -0.39 is 15.1 Å². The van der Waals surface area contributed by atoms with E-state index in [1.165, 1.54) is 0 Å². The van der Waals surface area contributed by atoms with E-state index in [0.717, 1.165) is 5.56 Å². The van der Waals surface area contributed by atoms with Crippen molar-refractivity contribution >= 4 is 9.84 Å². The summed E-state index contributed by atoms with van der Waals surface area (Å²) in [6.45, 7) is 3.30. The van der Waals surface area contributed by atoms with Crippen molar-refractivity contribution in [1.29, 1.82) is 5.26 Å². The number of nitrogens with zero attached hydrogens (tertiary/aromatic N) is 1. The highest BCUT2D eigenvalue weighted by Gasteiger charge is 2.18. The summed E-state index contributed by atoms with van der Waals surface area (Å²) in [7, 11) is -3.19. The fourth-order valence-corrected chi connectivity index (χ4v) is 2.22. The summed E-state index contributed by atoms with van der Waals surface area (Å²) in [5.41, 5.74) is 0.834. The normalized spacial score (nSPS) is 11.3. The maximum atomic E-state index is 11.7. The van der Waals surface area contributed by atoms with Gasteiger partial charge in [0.25, 0.3) is 0 Å². The minimum absolute atomic E-state index is 0.308. The quantitative estimate of drug-likeness (QED) is 0.786. The first-order chi connectivity index (χ1) is 6.98. The highest BCUT2D eigenvalue weighted by Crippen LogP contribution is 2.16. The molecule has 1 aromatic carbocycles. The molecule has 80 valence electrons. The third-order valence-corrected chi connectivity index (χ3v) is 4.33. The Bertz CT molecular complexity index is 466. The number of benzene rings is 1. The third-order valence-electron chi connectivity index (χ3n) is 2.16. The molecule has 1 rings (SSSR count). The lowest BCUT2D eigenvalue weighted by molar-refractivity contribution is 0.587. The van der Waals surface area contributed by atoms with Gasteiger partial charge in [0, 0.05) is 0 Å². The van der Waals surface area contributed by atoms with Crippen molar-refractivity contribution in [2.24, 2.45) is 0 Å². The lowest BCUT2D eigenvalue weighted by atomic mass is 10.2. The monoisotopic (exact) mass is 223 g/mol. The minimum Gasteiger partial charge on any atom is -0.223 e. The molecule has 0 aliphatic carbocycles. The van der Waals surface area contributed by atoms with Crippen molar-refractivity contribution in [3.05, 3.63) is 29.8 Å². The van der Waals surface area contributed by atoms with Crippen molar-refractivity contribution < 1.29 is 8.42 Å². The molecule has 0 atom stereocenters. The zero-order valence-electron chi connectivity index (χ0n) is 8.77. The molecular formula is C11H13NO2S. The van der Waals surface area contributed by atoms with E-state index in [9.17, 15) is 8.42 Å². The van der Waals surface area contributed by atoms with Gasteiger partial charge in [0.05, 0.1) is 22.6 Å². The fraction of sp³-hybridized carbons (Fsp3) is 0.364. The topological polar surface area (TPSA) is 57.9 Å². The Labute approximate surface area is 90.3 Å². The van der Waals surface area contributed by atoms with Gasteiger partial charge in [-0.05, 0) is 31.5 Å². The van der Waals surface area contributed by atoms with Crippen LogP contribution in [0.2, 0.25) is 0 Å². The second kappa shape index (κ2) is 4.45. The van der Waals surface area contributed by atoms with Crippen molar-refractivity contribution in [3.63, 3.8) is 0 Å². The highest BCUT2D eigenvalue weighted by molar-refractivity contribution is 7.92. The molecule has 1 aromatic rings. The zero-order valence-corrected chi connectivity index (χ0v) is 9.58. The molecule has 15 heavy (non-hydrogen) atoms. The molecule has 0 N–H and O–H groups in total. The van der Waals surface area contributed by atoms with Crippen LogP contribution in [0.5, 0.6) is 0 Å². The van der Waals surface area contributed by atoms with Crippen molar-refractivity contribution in [2.45, 2.75) is 30.4 Å². The van der Waals surface area contributed by atoms with E-state index in [4.69, 9.17) is 5.26 Å². The average molecular weight is 223 g/mol. The van der Waals surface area contributed by atoms with Gasteiger partial charge in [-0.25, -0.2) is 8.42 Å². The Balaban J connectivity index is 3.06. The Morgan fingerprint density at radius 3 is 2.20 bits per heavy atom. The predicted molar refractivity (Wildman–Crippen MR) is 58.1 cm³/mol. The van der Waals surface area contributed by atoms with Crippen LogP contribution in [0.25, 0.3) is 0 Å². The molecule has 0 aliphatic rings. The SMILES string of the molecule is CC(C)S(=O)(=O)c1ccc(CC#N)cc1. The highest BCUT2D eigenvalue weighted by atomic mass is 32.2. The molecule has 0 saturated carbocycles. The van der Waals surface area contributed by atoms with Gasteiger partial charge in [-0.3, -0.25) is 0 Å². The Morgan fingerprint density at radius 2 is 1.80 bits per heavy atom. The second-order valence-corrected chi connectivity index (χ2v) is 6.08. The molecule has 0 saturated heterocycles. The molecular weight excluding hydrogens is 210 g/mol. The summed E-state index contributed by atoms with van der Waals surface area (Å²) < 4.78 is 23.5. The van der Waals surface area contributed by atoms with Crippen LogP contribution in [0.1, 0.15) is 19.4 Å². The van der Waals surface area contributed by atoms with Crippen LogP contribution in [-0.2, 0) is 16.3 Å².